The van der Waals surface area contributed by atoms with E-state index >= 15 is 0 Å². The van der Waals surface area contributed by atoms with Gasteiger partial charge in [0, 0.05) is 6.61 Å². The Hall–Kier alpha value is -0.570. The molecule has 100 valence electrons. The lowest BCUT2D eigenvalue weighted by atomic mass is 9.77. The molecule has 0 radical (unpaired) electrons. The SMILES string of the molecule is CCCCCOC1(C(=O)O)CCC(CC)CC1. The van der Waals surface area contributed by atoms with Gasteiger partial charge in [0.25, 0.3) is 0 Å². The van der Waals surface area contributed by atoms with E-state index in [1.807, 2.05) is 0 Å². The van der Waals surface area contributed by atoms with Gasteiger partial charge in [-0.2, -0.15) is 0 Å². The summed E-state index contributed by atoms with van der Waals surface area (Å²) in [5.41, 5.74) is -0.876. The Balaban J connectivity index is 2.44. The van der Waals surface area contributed by atoms with Gasteiger partial charge >= 0.3 is 5.97 Å². The van der Waals surface area contributed by atoms with Crippen molar-refractivity contribution >= 4 is 5.97 Å². The van der Waals surface area contributed by atoms with Crippen molar-refractivity contribution in [1.82, 2.24) is 0 Å². The van der Waals surface area contributed by atoms with Gasteiger partial charge in [-0.3, -0.25) is 0 Å². The quantitative estimate of drug-likeness (QED) is 0.694. The normalized spacial score (nSPS) is 29.2. The van der Waals surface area contributed by atoms with Crippen molar-refractivity contribution in [2.45, 2.75) is 70.8 Å². The topological polar surface area (TPSA) is 46.5 Å². The number of aliphatic carboxylic acids is 1. The minimum Gasteiger partial charge on any atom is -0.479 e. The molecule has 0 heterocycles. The van der Waals surface area contributed by atoms with Crippen LogP contribution in [0.1, 0.15) is 65.2 Å². The maximum Gasteiger partial charge on any atom is 0.335 e. The number of unbranched alkanes of at least 4 members (excludes halogenated alkanes) is 2. The zero-order valence-corrected chi connectivity index (χ0v) is 11.2. The predicted molar refractivity (Wildman–Crippen MR) is 68.1 cm³/mol. The highest BCUT2D eigenvalue weighted by atomic mass is 16.5. The van der Waals surface area contributed by atoms with Crippen LogP contribution in [-0.4, -0.2) is 23.3 Å². The summed E-state index contributed by atoms with van der Waals surface area (Å²) in [6, 6.07) is 0. The summed E-state index contributed by atoms with van der Waals surface area (Å²) in [5, 5.41) is 9.38. The molecule has 3 heteroatoms. The largest absolute Gasteiger partial charge is 0.479 e. The smallest absolute Gasteiger partial charge is 0.335 e. The van der Waals surface area contributed by atoms with Crippen molar-refractivity contribution < 1.29 is 14.6 Å². The van der Waals surface area contributed by atoms with Crippen LogP contribution in [0.15, 0.2) is 0 Å². The van der Waals surface area contributed by atoms with Crippen molar-refractivity contribution in [3.05, 3.63) is 0 Å². The zero-order chi connectivity index (χ0) is 12.7. The Kier molecular flexibility index (Phi) is 5.96. The number of hydrogen-bond acceptors (Lipinski definition) is 2. The van der Waals surface area contributed by atoms with Crippen molar-refractivity contribution in [2.75, 3.05) is 6.61 Å². The van der Waals surface area contributed by atoms with Crippen LogP contribution in [0.4, 0.5) is 0 Å². The summed E-state index contributed by atoms with van der Waals surface area (Å²) in [5.74, 6) is -0.0646. The average molecular weight is 242 g/mol. The molecule has 0 bridgehead atoms. The van der Waals surface area contributed by atoms with Gasteiger partial charge in [0.1, 0.15) is 0 Å². The number of carbonyl (C=O) groups is 1. The molecule has 1 N–H and O–H groups in total. The lowest BCUT2D eigenvalue weighted by Gasteiger charge is -2.36. The van der Waals surface area contributed by atoms with Gasteiger partial charge in [0.15, 0.2) is 5.60 Å². The van der Waals surface area contributed by atoms with Crippen LogP contribution in [0.5, 0.6) is 0 Å². The first-order valence-electron chi connectivity index (χ1n) is 7.02. The first-order valence-corrected chi connectivity index (χ1v) is 7.02. The fourth-order valence-electron chi connectivity index (χ4n) is 2.59. The van der Waals surface area contributed by atoms with Crippen LogP contribution in [0, 0.1) is 5.92 Å². The molecule has 0 unspecified atom stereocenters. The second kappa shape index (κ2) is 7.00. The molecule has 0 aromatic carbocycles. The number of ether oxygens (including phenoxy) is 1. The molecule has 0 aliphatic heterocycles. The molecule has 1 aliphatic rings. The van der Waals surface area contributed by atoms with Crippen LogP contribution < -0.4 is 0 Å². The van der Waals surface area contributed by atoms with E-state index in [1.165, 1.54) is 0 Å². The fraction of sp³-hybridized carbons (Fsp3) is 0.929. The number of rotatable bonds is 7. The number of carboxylic acids is 1. The van der Waals surface area contributed by atoms with Gasteiger partial charge in [-0.05, 0) is 38.0 Å². The van der Waals surface area contributed by atoms with Crippen LogP contribution in [0.25, 0.3) is 0 Å². The number of hydrogen-bond donors (Lipinski definition) is 1. The molecule has 0 saturated heterocycles. The molecular formula is C14H26O3. The van der Waals surface area contributed by atoms with Crippen LogP contribution in [0.2, 0.25) is 0 Å². The number of carboxylic acid groups (broad SMARTS) is 1. The molecule has 0 amide bonds. The lowest BCUT2D eigenvalue weighted by Crippen LogP contribution is -2.45. The minimum absolute atomic E-state index is 0.594. The summed E-state index contributed by atoms with van der Waals surface area (Å²) in [7, 11) is 0. The van der Waals surface area contributed by atoms with Gasteiger partial charge in [-0.15, -0.1) is 0 Å². The monoisotopic (exact) mass is 242 g/mol. The molecule has 1 rings (SSSR count). The maximum atomic E-state index is 11.4. The van der Waals surface area contributed by atoms with Gasteiger partial charge < -0.3 is 9.84 Å². The molecular weight excluding hydrogens is 216 g/mol. The van der Waals surface area contributed by atoms with Gasteiger partial charge in [0.2, 0.25) is 0 Å². The third-order valence-corrected chi connectivity index (χ3v) is 4.01. The standard InChI is InChI=1S/C14H26O3/c1-3-5-6-11-17-14(13(15)16)9-7-12(4-2)8-10-14/h12H,3-11H2,1-2H3,(H,15,16). The average Bonchev–Trinajstić information content (AvgIpc) is 2.35. The molecule has 17 heavy (non-hydrogen) atoms. The van der Waals surface area contributed by atoms with Gasteiger partial charge in [0.05, 0.1) is 0 Å². The van der Waals surface area contributed by atoms with E-state index in [0.717, 1.165) is 38.5 Å². The summed E-state index contributed by atoms with van der Waals surface area (Å²) >= 11 is 0. The minimum atomic E-state index is -0.876. The molecule has 0 spiro atoms. The van der Waals surface area contributed by atoms with Crippen molar-refractivity contribution in [2.24, 2.45) is 5.92 Å². The predicted octanol–water partition coefficient (Wildman–Crippen LogP) is 3.62. The van der Waals surface area contributed by atoms with Crippen molar-refractivity contribution in [3.8, 4) is 0 Å². The highest BCUT2D eigenvalue weighted by Crippen LogP contribution is 2.36. The molecule has 3 nitrogen and oxygen atoms in total. The molecule has 1 fully saturated rings. The van der Waals surface area contributed by atoms with Crippen LogP contribution in [0.3, 0.4) is 0 Å². The maximum absolute atomic E-state index is 11.4. The van der Waals surface area contributed by atoms with E-state index in [1.54, 1.807) is 0 Å². The summed E-state index contributed by atoms with van der Waals surface area (Å²) < 4.78 is 5.73. The Morgan fingerprint density at radius 2 is 1.94 bits per heavy atom. The fourth-order valence-corrected chi connectivity index (χ4v) is 2.59. The summed E-state index contributed by atoms with van der Waals surface area (Å²) in [4.78, 5) is 11.4. The Bertz CT molecular complexity index is 230. The van der Waals surface area contributed by atoms with E-state index in [0.29, 0.717) is 25.4 Å². The van der Waals surface area contributed by atoms with E-state index in [2.05, 4.69) is 13.8 Å². The third-order valence-electron chi connectivity index (χ3n) is 4.01. The molecule has 0 aromatic rings. The second-order valence-electron chi connectivity index (χ2n) is 5.21. The van der Waals surface area contributed by atoms with Crippen LogP contribution in [-0.2, 0) is 9.53 Å². The molecule has 0 atom stereocenters. The first-order chi connectivity index (χ1) is 8.14. The highest BCUT2D eigenvalue weighted by molar-refractivity contribution is 5.77. The van der Waals surface area contributed by atoms with E-state index in [9.17, 15) is 9.90 Å². The van der Waals surface area contributed by atoms with E-state index in [-0.39, 0.29) is 0 Å². The van der Waals surface area contributed by atoms with Crippen molar-refractivity contribution in [3.63, 3.8) is 0 Å². The van der Waals surface area contributed by atoms with Gasteiger partial charge in [-0.25, -0.2) is 4.79 Å². The van der Waals surface area contributed by atoms with Gasteiger partial charge in [-0.1, -0.05) is 33.1 Å². The molecule has 1 aliphatic carbocycles. The highest BCUT2D eigenvalue weighted by Gasteiger charge is 2.42. The third kappa shape index (κ3) is 3.98. The Morgan fingerprint density at radius 3 is 2.41 bits per heavy atom. The Morgan fingerprint density at radius 1 is 1.29 bits per heavy atom. The summed E-state index contributed by atoms with van der Waals surface area (Å²) in [6.07, 6.45) is 7.76. The molecule has 1 saturated carbocycles. The second-order valence-corrected chi connectivity index (χ2v) is 5.21. The molecule has 0 aromatic heterocycles. The van der Waals surface area contributed by atoms with Crippen molar-refractivity contribution in [1.29, 1.82) is 0 Å². The Labute approximate surface area is 105 Å². The van der Waals surface area contributed by atoms with E-state index in [4.69, 9.17) is 4.74 Å². The summed E-state index contributed by atoms with van der Waals surface area (Å²) in [6.45, 7) is 4.91. The van der Waals surface area contributed by atoms with E-state index < -0.39 is 11.6 Å². The lowest BCUT2D eigenvalue weighted by molar-refractivity contribution is -0.172. The zero-order valence-electron chi connectivity index (χ0n) is 11.2. The first kappa shape index (κ1) is 14.5. The van der Waals surface area contributed by atoms with Crippen LogP contribution >= 0.6 is 0 Å².